The van der Waals surface area contributed by atoms with Crippen molar-refractivity contribution in [2.75, 3.05) is 20.6 Å². The minimum absolute atomic E-state index is 0.525. The van der Waals surface area contributed by atoms with Crippen molar-refractivity contribution in [1.82, 2.24) is 10.2 Å². The third-order valence-electron chi connectivity index (χ3n) is 4.41. The van der Waals surface area contributed by atoms with E-state index in [2.05, 4.69) is 45.1 Å². The molecule has 2 unspecified atom stereocenters. The van der Waals surface area contributed by atoms with Crippen LogP contribution in [0.2, 0.25) is 0 Å². The van der Waals surface area contributed by atoms with E-state index in [1.54, 1.807) is 0 Å². The lowest BCUT2D eigenvalue weighted by Crippen LogP contribution is -2.52. The summed E-state index contributed by atoms with van der Waals surface area (Å²) in [5, 5.41) is 3.52. The number of rotatable bonds is 6. The molecular formula is C15H32N2. The summed E-state index contributed by atoms with van der Waals surface area (Å²) in [5.74, 6) is 0. The van der Waals surface area contributed by atoms with Crippen molar-refractivity contribution in [3.05, 3.63) is 0 Å². The maximum atomic E-state index is 3.52. The van der Waals surface area contributed by atoms with Gasteiger partial charge in [-0.3, -0.25) is 0 Å². The summed E-state index contributed by atoms with van der Waals surface area (Å²) < 4.78 is 0. The number of nitrogens with zero attached hydrogens (tertiary/aromatic N) is 1. The highest BCUT2D eigenvalue weighted by Crippen LogP contribution is 2.37. The summed E-state index contributed by atoms with van der Waals surface area (Å²) in [6.07, 6.45) is 8.05. The maximum Gasteiger partial charge on any atom is 0.0251 e. The summed E-state index contributed by atoms with van der Waals surface area (Å²) in [7, 11) is 4.43. The second-order valence-corrected chi connectivity index (χ2v) is 6.56. The first kappa shape index (κ1) is 15.0. The molecule has 1 aliphatic carbocycles. The molecule has 1 fully saturated rings. The van der Waals surface area contributed by atoms with E-state index in [0.29, 0.717) is 11.5 Å². The van der Waals surface area contributed by atoms with Crippen molar-refractivity contribution in [3.8, 4) is 0 Å². The molecule has 102 valence electrons. The van der Waals surface area contributed by atoms with E-state index in [9.17, 15) is 0 Å². The summed E-state index contributed by atoms with van der Waals surface area (Å²) in [6, 6.07) is 1.41. The summed E-state index contributed by atoms with van der Waals surface area (Å²) in [6.45, 7) is 8.38. The van der Waals surface area contributed by atoms with Gasteiger partial charge in [0, 0.05) is 12.1 Å². The van der Waals surface area contributed by atoms with Gasteiger partial charge in [0.05, 0.1) is 0 Å². The van der Waals surface area contributed by atoms with Crippen molar-refractivity contribution < 1.29 is 0 Å². The Kier molecular flexibility index (Phi) is 5.94. The second kappa shape index (κ2) is 6.75. The first-order chi connectivity index (χ1) is 8.00. The Balaban J connectivity index is 2.50. The minimum atomic E-state index is 0.525. The predicted molar refractivity (Wildman–Crippen MR) is 76.4 cm³/mol. The fourth-order valence-corrected chi connectivity index (χ4v) is 3.13. The molecular weight excluding hydrogens is 208 g/mol. The zero-order chi connectivity index (χ0) is 12.9. The molecule has 0 saturated heterocycles. The van der Waals surface area contributed by atoms with Gasteiger partial charge in [-0.1, -0.05) is 33.6 Å². The Morgan fingerprint density at radius 1 is 1.29 bits per heavy atom. The van der Waals surface area contributed by atoms with Crippen LogP contribution in [0.15, 0.2) is 0 Å². The average Bonchev–Trinajstić information content (AvgIpc) is 2.28. The lowest BCUT2D eigenvalue weighted by atomic mass is 9.72. The van der Waals surface area contributed by atoms with Crippen LogP contribution in [0.25, 0.3) is 0 Å². The van der Waals surface area contributed by atoms with E-state index < -0.39 is 0 Å². The van der Waals surface area contributed by atoms with Crippen molar-refractivity contribution in [1.29, 1.82) is 0 Å². The highest BCUT2D eigenvalue weighted by molar-refractivity contribution is 4.93. The normalized spacial score (nSPS) is 28.6. The molecule has 1 N–H and O–H groups in total. The molecule has 0 amide bonds. The van der Waals surface area contributed by atoms with Crippen LogP contribution in [-0.2, 0) is 0 Å². The van der Waals surface area contributed by atoms with E-state index >= 15 is 0 Å². The van der Waals surface area contributed by atoms with Gasteiger partial charge < -0.3 is 10.2 Å². The van der Waals surface area contributed by atoms with Crippen molar-refractivity contribution in [2.24, 2.45) is 5.41 Å². The first-order valence-electron chi connectivity index (χ1n) is 7.37. The van der Waals surface area contributed by atoms with Gasteiger partial charge in [-0.2, -0.15) is 0 Å². The molecule has 0 aliphatic heterocycles. The molecule has 2 atom stereocenters. The number of unbranched alkanes of at least 4 members (excludes halogenated alkanes) is 2. The topological polar surface area (TPSA) is 15.3 Å². The van der Waals surface area contributed by atoms with Gasteiger partial charge in [0.15, 0.2) is 0 Å². The van der Waals surface area contributed by atoms with Crippen LogP contribution in [-0.4, -0.2) is 37.6 Å². The Hall–Kier alpha value is -0.0800. The van der Waals surface area contributed by atoms with Crippen LogP contribution >= 0.6 is 0 Å². The van der Waals surface area contributed by atoms with Crippen LogP contribution in [0.4, 0.5) is 0 Å². The monoisotopic (exact) mass is 240 g/mol. The fourth-order valence-electron chi connectivity index (χ4n) is 3.13. The van der Waals surface area contributed by atoms with Gasteiger partial charge in [0.1, 0.15) is 0 Å². The van der Waals surface area contributed by atoms with E-state index in [0.717, 1.165) is 6.04 Å². The fraction of sp³-hybridized carbons (Fsp3) is 1.00. The van der Waals surface area contributed by atoms with E-state index in [1.807, 2.05) is 0 Å². The SMILES string of the molecule is CCCCCN(C)C1CC(C)(C)CCC1NC. The van der Waals surface area contributed by atoms with Crippen LogP contribution in [0, 0.1) is 5.41 Å². The molecule has 17 heavy (non-hydrogen) atoms. The van der Waals surface area contributed by atoms with E-state index in [1.165, 1.54) is 45.1 Å². The van der Waals surface area contributed by atoms with Crippen LogP contribution in [0.1, 0.15) is 59.3 Å². The van der Waals surface area contributed by atoms with Gasteiger partial charge >= 0.3 is 0 Å². The Labute approximate surface area is 108 Å². The number of nitrogens with one attached hydrogen (secondary N) is 1. The summed E-state index contributed by atoms with van der Waals surface area (Å²) in [5.41, 5.74) is 0.525. The zero-order valence-electron chi connectivity index (χ0n) is 12.6. The van der Waals surface area contributed by atoms with Crippen LogP contribution in [0.3, 0.4) is 0 Å². The van der Waals surface area contributed by atoms with Crippen molar-refractivity contribution in [3.63, 3.8) is 0 Å². The van der Waals surface area contributed by atoms with Gasteiger partial charge in [-0.25, -0.2) is 0 Å². The lowest BCUT2D eigenvalue weighted by Gasteiger charge is -2.45. The lowest BCUT2D eigenvalue weighted by molar-refractivity contribution is 0.0838. The number of hydrogen-bond acceptors (Lipinski definition) is 2. The molecule has 1 rings (SSSR count). The molecule has 0 aromatic heterocycles. The zero-order valence-corrected chi connectivity index (χ0v) is 12.6. The summed E-state index contributed by atoms with van der Waals surface area (Å²) in [4.78, 5) is 2.59. The third-order valence-corrected chi connectivity index (χ3v) is 4.41. The van der Waals surface area contributed by atoms with Crippen LogP contribution < -0.4 is 5.32 Å². The van der Waals surface area contributed by atoms with Gasteiger partial charge in [-0.05, 0) is 51.7 Å². The number of likely N-dealkylation sites (N-methyl/N-ethyl adjacent to an activating group) is 2. The first-order valence-corrected chi connectivity index (χ1v) is 7.37. The molecule has 2 nitrogen and oxygen atoms in total. The van der Waals surface area contributed by atoms with Gasteiger partial charge in [0.2, 0.25) is 0 Å². The molecule has 2 heteroatoms. The van der Waals surface area contributed by atoms with Gasteiger partial charge in [-0.15, -0.1) is 0 Å². The molecule has 0 heterocycles. The van der Waals surface area contributed by atoms with Crippen molar-refractivity contribution >= 4 is 0 Å². The smallest absolute Gasteiger partial charge is 0.0251 e. The average molecular weight is 240 g/mol. The molecule has 0 spiro atoms. The summed E-state index contributed by atoms with van der Waals surface area (Å²) >= 11 is 0. The van der Waals surface area contributed by atoms with Gasteiger partial charge in [0.25, 0.3) is 0 Å². The standard InChI is InChI=1S/C15H32N2/c1-6-7-8-11-17(5)14-12-15(2,3)10-9-13(14)16-4/h13-14,16H,6-12H2,1-5H3. The minimum Gasteiger partial charge on any atom is -0.315 e. The number of hydrogen-bond donors (Lipinski definition) is 1. The molecule has 0 bridgehead atoms. The Morgan fingerprint density at radius 2 is 2.00 bits per heavy atom. The quantitative estimate of drug-likeness (QED) is 0.717. The molecule has 0 aromatic rings. The third kappa shape index (κ3) is 4.59. The van der Waals surface area contributed by atoms with E-state index in [-0.39, 0.29) is 0 Å². The molecule has 1 saturated carbocycles. The Morgan fingerprint density at radius 3 is 2.59 bits per heavy atom. The van der Waals surface area contributed by atoms with Crippen LogP contribution in [0.5, 0.6) is 0 Å². The predicted octanol–water partition coefficient (Wildman–Crippen LogP) is 3.28. The van der Waals surface area contributed by atoms with E-state index in [4.69, 9.17) is 0 Å². The maximum absolute atomic E-state index is 3.52. The molecule has 1 aliphatic rings. The van der Waals surface area contributed by atoms with Crippen molar-refractivity contribution in [2.45, 2.75) is 71.4 Å². The second-order valence-electron chi connectivity index (χ2n) is 6.56. The molecule has 0 aromatic carbocycles. The largest absolute Gasteiger partial charge is 0.315 e. The molecule has 0 radical (unpaired) electrons. The highest BCUT2D eigenvalue weighted by atomic mass is 15.2. The Bertz CT molecular complexity index is 213. The highest BCUT2D eigenvalue weighted by Gasteiger charge is 2.35.